The Bertz CT molecular complexity index is 1240. The third kappa shape index (κ3) is 3.91. The molecule has 9 heteroatoms. The Morgan fingerprint density at radius 3 is 1.25 bits per heavy atom. The van der Waals surface area contributed by atoms with E-state index in [9.17, 15) is 20.4 Å². The number of benzene rings is 3. The van der Waals surface area contributed by atoms with Gasteiger partial charge in [-0.15, -0.1) is 0 Å². The Morgan fingerprint density at radius 2 is 0.906 bits per heavy atom. The van der Waals surface area contributed by atoms with Gasteiger partial charge in [0.15, 0.2) is 17.5 Å². The van der Waals surface area contributed by atoms with Crippen LogP contribution in [0.4, 0.5) is 0 Å². The van der Waals surface area contributed by atoms with Crippen LogP contribution in [0.2, 0.25) is 0 Å². The molecular weight excluding hydrogens is 414 g/mol. The van der Waals surface area contributed by atoms with Gasteiger partial charge in [0.2, 0.25) is 0 Å². The summed E-state index contributed by atoms with van der Waals surface area (Å²) in [5.41, 5.74) is 0.817. The molecule has 0 saturated carbocycles. The Kier molecular flexibility index (Phi) is 5.38. The highest BCUT2D eigenvalue weighted by Crippen LogP contribution is 2.37. The molecule has 3 aromatic carbocycles. The zero-order chi connectivity index (χ0) is 22.8. The minimum absolute atomic E-state index is 0.0768. The van der Waals surface area contributed by atoms with Crippen molar-refractivity contribution in [2.45, 2.75) is 0 Å². The Morgan fingerprint density at radius 1 is 0.531 bits per heavy atom. The topological polar surface area (TPSA) is 138 Å². The number of rotatable bonds is 5. The van der Waals surface area contributed by atoms with Crippen molar-refractivity contribution < 1.29 is 29.9 Å². The quantitative estimate of drug-likeness (QED) is 0.371. The van der Waals surface area contributed by atoms with Crippen LogP contribution < -0.4 is 9.47 Å². The van der Waals surface area contributed by atoms with E-state index in [2.05, 4.69) is 15.0 Å². The highest BCUT2D eigenvalue weighted by Gasteiger charge is 2.19. The van der Waals surface area contributed by atoms with Crippen LogP contribution in [0.1, 0.15) is 0 Å². The largest absolute Gasteiger partial charge is 0.508 e. The number of methoxy groups -OCH3 is 2. The summed E-state index contributed by atoms with van der Waals surface area (Å²) < 4.78 is 10.2. The van der Waals surface area contributed by atoms with Crippen LogP contribution in [0.15, 0.2) is 54.6 Å². The van der Waals surface area contributed by atoms with Crippen molar-refractivity contribution in [3.63, 3.8) is 0 Å². The van der Waals surface area contributed by atoms with E-state index < -0.39 is 0 Å². The second kappa shape index (κ2) is 8.31. The van der Waals surface area contributed by atoms with Crippen molar-refractivity contribution in [1.29, 1.82) is 0 Å². The maximum Gasteiger partial charge on any atom is 0.167 e. The number of phenolic OH excluding ortho intramolecular Hbond substituents is 4. The van der Waals surface area contributed by atoms with E-state index in [0.29, 0.717) is 22.6 Å². The van der Waals surface area contributed by atoms with Gasteiger partial charge in [0.05, 0.1) is 30.9 Å². The van der Waals surface area contributed by atoms with Gasteiger partial charge in [-0.05, 0) is 36.4 Å². The molecule has 0 amide bonds. The number of hydrogen-bond donors (Lipinski definition) is 4. The monoisotopic (exact) mass is 433 g/mol. The maximum absolute atomic E-state index is 10.5. The summed E-state index contributed by atoms with van der Waals surface area (Å²) in [6.45, 7) is 0. The fourth-order valence-electron chi connectivity index (χ4n) is 3.10. The molecule has 0 unspecified atom stereocenters. The first-order chi connectivity index (χ1) is 15.4. The number of ether oxygens (including phenoxy) is 2. The lowest BCUT2D eigenvalue weighted by Gasteiger charge is -2.12. The summed E-state index contributed by atoms with van der Waals surface area (Å²) in [5.74, 6) is 0.568. The highest BCUT2D eigenvalue weighted by molar-refractivity contribution is 5.74. The second-order valence-corrected chi connectivity index (χ2v) is 6.77. The zero-order valence-electron chi connectivity index (χ0n) is 17.1. The molecular formula is C23H19N3O6. The molecule has 1 heterocycles. The predicted molar refractivity (Wildman–Crippen MR) is 116 cm³/mol. The van der Waals surface area contributed by atoms with Crippen LogP contribution in [-0.4, -0.2) is 49.6 Å². The molecule has 9 nitrogen and oxygen atoms in total. The van der Waals surface area contributed by atoms with Gasteiger partial charge in [-0.25, -0.2) is 15.0 Å². The van der Waals surface area contributed by atoms with Gasteiger partial charge in [0, 0.05) is 18.2 Å². The molecule has 162 valence electrons. The van der Waals surface area contributed by atoms with Crippen molar-refractivity contribution >= 4 is 0 Å². The Balaban J connectivity index is 1.95. The van der Waals surface area contributed by atoms with Gasteiger partial charge in [-0.1, -0.05) is 0 Å². The van der Waals surface area contributed by atoms with Crippen molar-refractivity contribution in [2.75, 3.05) is 14.2 Å². The van der Waals surface area contributed by atoms with Gasteiger partial charge in [0.25, 0.3) is 0 Å². The summed E-state index contributed by atoms with van der Waals surface area (Å²) in [7, 11) is 2.96. The van der Waals surface area contributed by atoms with E-state index in [0.717, 1.165) is 6.07 Å². The molecule has 1 aromatic heterocycles. The molecule has 0 atom stereocenters. The first-order valence-corrected chi connectivity index (χ1v) is 9.42. The van der Waals surface area contributed by atoms with Gasteiger partial charge in [0.1, 0.15) is 34.5 Å². The lowest BCUT2D eigenvalue weighted by Crippen LogP contribution is -2.01. The van der Waals surface area contributed by atoms with Crippen LogP contribution in [0, 0.1) is 0 Å². The molecule has 0 aliphatic carbocycles. The van der Waals surface area contributed by atoms with Gasteiger partial charge >= 0.3 is 0 Å². The molecule has 0 spiro atoms. The molecule has 0 aliphatic rings. The normalized spacial score (nSPS) is 10.7. The third-order valence-corrected chi connectivity index (χ3v) is 4.75. The number of aromatic nitrogens is 3. The van der Waals surface area contributed by atoms with Crippen LogP contribution >= 0.6 is 0 Å². The average molecular weight is 433 g/mol. The van der Waals surface area contributed by atoms with Crippen molar-refractivity contribution in [2.24, 2.45) is 0 Å². The number of aromatic hydroxyl groups is 4. The number of phenols is 4. The third-order valence-electron chi connectivity index (χ3n) is 4.75. The van der Waals surface area contributed by atoms with Gasteiger partial charge in [-0.2, -0.15) is 0 Å². The average Bonchev–Trinajstić information content (AvgIpc) is 2.78. The van der Waals surface area contributed by atoms with Crippen LogP contribution in [0.25, 0.3) is 34.2 Å². The SMILES string of the molecule is COc1ccc(-c2nc(-c3ccc(O)cc3O)nc(-c3ccc(OC)cc3O)n2)c(O)c1. The summed E-state index contributed by atoms with van der Waals surface area (Å²) >= 11 is 0. The summed E-state index contributed by atoms with van der Waals surface area (Å²) in [6, 6.07) is 13.3. The standard InChI is InChI=1S/C23H19N3O6/c1-31-13-4-7-16(19(29)10-13)22-24-21(15-6-3-12(27)9-18(15)28)25-23(26-22)17-8-5-14(32-2)11-20(17)30/h3-11,27-30H,1-2H3. The maximum atomic E-state index is 10.5. The van der Waals surface area contributed by atoms with Crippen molar-refractivity contribution in [3.05, 3.63) is 54.6 Å². The summed E-state index contributed by atoms with van der Waals surface area (Å²) in [4.78, 5) is 13.2. The van der Waals surface area contributed by atoms with E-state index in [1.165, 1.54) is 38.5 Å². The molecule has 0 saturated heterocycles. The Hall–Kier alpha value is -4.53. The highest BCUT2D eigenvalue weighted by atomic mass is 16.5. The fourth-order valence-corrected chi connectivity index (χ4v) is 3.10. The molecule has 4 rings (SSSR count). The lowest BCUT2D eigenvalue weighted by atomic mass is 10.1. The summed E-state index contributed by atoms with van der Waals surface area (Å²) in [5, 5.41) is 40.9. The molecule has 0 aliphatic heterocycles. The molecule has 0 bridgehead atoms. The summed E-state index contributed by atoms with van der Waals surface area (Å²) in [6.07, 6.45) is 0. The Labute approximate surface area is 182 Å². The van der Waals surface area contributed by atoms with Crippen molar-refractivity contribution in [1.82, 2.24) is 15.0 Å². The molecule has 4 aromatic rings. The predicted octanol–water partition coefficient (Wildman–Crippen LogP) is 3.71. The van der Waals surface area contributed by atoms with Crippen LogP contribution in [0.5, 0.6) is 34.5 Å². The second-order valence-electron chi connectivity index (χ2n) is 6.77. The van der Waals surface area contributed by atoms with Crippen LogP contribution in [-0.2, 0) is 0 Å². The molecule has 0 radical (unpaired) electrons. The molecule has 4 N–H and O–H groups in total. The first-order valence-electron chi connectivity index (χ1n) is 9.42. The number of nitrogens with zero attached hydrogens (tertiary/aromatic N) is 3. The smallest absolute Gasteiger partial charge is 0.167 e. The van der Waals surface area contributed by atoms with E-state index in [4.69, 9.17) is 9.47 Å². The first kappa shape index (κ1) is 20.7. The van der Waals surface area contributed by atoms with E-state index >= 15 is 0 Å². The lowest BCUT2D eigenvalue weighted by molar-refractivity contribution is 0.408. The van der Waals surface area contributed by atoms with Gasteiger partial charge < -0.3 is 29.9 Å². The molecule has 0 fully saturated rings. The fraction of sp³-hybridized carbons (Fsp3) is 0.0870. The molecule has 32 heavy (non-hydrogen) atoms. The van der Waals surface area contributed by atoms with E-state index in [1.54, 1.807) is 24.3 Å². The number of hydrogen-bond acceptors (Lipinski definition) is 9. The van der Waals surface area contributed by atoms with Gasteiger partial charge in [-0.3, -0.25) is 0 Å². The zero-order valence-corrected chi connectivity index (χ0v) is 17.1. The minimum atomic E-state index is -0.244. The minimum Gasteiger partial charge on any atom is -0.508 e. The van der Waals surface area contributed by atoms with E-state index in [1.807, 2.05) is 0 Å². The van der Waals surface area contributed by atoms with E-state index in [-0.39, 0.29) is 46.0 Å². The van der Waals surface area contributed by atoms with Crippen LogP contribution in [0.3, 0.4) is 0 Å². The van der Waals surface area contributed by atoms with Crippen molar-refractivity contribution in [3.8, 4) is 68.7 Å².